The monoisotopic (exact) mass is 461 g/mol. The number of aromatic nitrogens is 1. The minimum absolute atomic E-state index is 0.0274. The van der Waals surface area contributed by atoms with Crippen LogP contribution in [0.15, 0.2) is 57.8 Å². The largest absolute Gasteiger partial charge is 0.441 e. The summed E-state index contributed by atoms with van der Waals surface area (Å²) >= 11 is 1.66. The smallest absolute Gasteiger partial charge is 0.229 e. The van der Waals surface area contributed by atoms with E-state index in [2.05, 4.69) is 4.98 Å². The third kappa shape index (κ3) is 6.51. The molecule has 31 heavy (non-hydrogen) atoms. The van der Waals surface area contributed by atoms with Crippen LogP contribution in [0.3, 0.4) is 0 Å². The van der Waals surface area contributed by atoms with Gasteiger partial charge >= 0.3 is 0 Å². The highest BCUT2D eigenvalue weighted by molar-refractivity contribution is 7.98. The summed E-state index contributed by atoms with van der Waals surface area (Å²) in [6.07, 6.45) is 3.51. The van der Waals surface area contributed by atoms with E-state index in [4.69, 9.17) is 4.42 Å². The van der Waals surface area contributed by atoms with Gasteiger partial charge in [0, 0.05) is 11.3 Å². The molecule has 0 saturated carbocycles. The summed E-state index contributed by atoms with van der Waals surface area (Å²) in [5, 5.41) is 0. The van der Waals surface area contributed by atoms with Gasteiger partial charge in [0.25, 0.3) is 0 Å². The molecule has 0 N–H and O–H groups in total. The number of rotatable bonds is 10. The Morgan fingerprint density at radius 3 is 2.52 bits per heavy atom. The van der Waals surface area contributed by atoms with E-state index >= 15 is 0 Å². The lowest BCUT2D eigenvalue weighted by atomic mass is 10.1. The van der Waals surface area contributed by atoms with Crippen molar-refractivity contribution >= 4 is 27.4 Å². The maximum atomic E-state index is 13.9. The van der Waals surface area contributed by atoms with E-state index in [0.29, 0.717) is 12.2 Å². The van der Waals surface area contributed by atoms with Crippen LogP contribution in [0.2, 0.25) is 0 Å². The summed E-state index contributed by atoms with van der Waals surface area (Å²) in [7, 11) is -3.71. The summed E-state index contributed by atoms with van der Waals surface area (Å²) in [5.74, 6) is -1.46. The third-order valence-electron chi connectivity index (χ3n) is 4.81. The van der Waals surface area contributed by atoms with Crippen molar-refractivity contribution in [2.75, 3.05) is 12.0 Å². The predicted molar refractivity (Wildman–Crippen MR) is 120 cm³/mol. The fraction of sp³-hybridized carbons (Fsp3) is 0.304. The molecule has 2 aromatic carbocycles. The molecule has 0 saturated heterocycles. The van der Waals surface area contributed by atoms with Gasteiger partial charge in [-0.15, -0.1) is 11.8 Å². The van der Waals surface area contributed by atoms with E-state index in [0.717, 1.165) is 12.0 Å². The van der Waals surface area contributed by atoms with E-state index in [1.807, 2.05) is 30.5 Å². The number of benzene rings is 2. The van der Waals surface area contributed by atoms with Crippen molar-refractivity contribution in [3.05, 3.63) is 71.4 Å². The fourth-order valence-corrected chi connectivity index (χ4v) is 5.00. The van der Waals surface area contributed by atoms with Crippen molar-refractivity contribution in [3.8, 4) is 11.5 Å². The number of halogens is 1. The lowest BCUT2D eigenvalue weighted by Gasteiger charge is -2.04. The SMILES string of the molecule is CSc1ccc(CCCC(=O)CS(=O)(=O)Cc2nc(-c3ccccc3F)oc2C)cc1. The topological polar surface area (TPSA) is 77.2 Å². The Labute approximate surface area is 186 Å². The van der Waals surface area contributed by atoms with Gasteiger partial charge in [-0.25, -0.2) is 17.8 Å². The van der Waals surface area contributed by atoms with Gasteiger partial charge in [-0.3, -0.25) is 4.79 Å². The minimum atomic E-state index is -3.71. The average molecular weight is 462 g/mol. The van der Waals surface area contributed by atoms with Crippen LogP contribution in [0.1, 0.15) is 29.9 Å². The Kier molecular flexibility index (Phi) is 7.67. The van der Waals surface area contributed by atoms with Crippen LogP contribution in [-0.2, 0) is 26.8 Å². The fourth-order valence-electron chi connectivity index (χ4n) is 3.17. The van der Waals surface area contributed by atoms with Crippen molar-refractivity contribution in [1.82, 2.24) is 4.98 Å². The maximum absolute atomic E-state index is 13.9. The molecule has 0 amide bonds. The summed E-state index contributed by atoms with van der Waals surface area (Å²) in [5.41, 5.74) is 1.48. The predicted octanol–water partition coefficient (Wildman–Crippen LogP) is 5.02. The molecule has 0 aliphatic heterocycles. The molecule has 0 atom stereocenters. The van der Waals surface area contributed by atoms with Crippen molar-refractivity contribution in [3.63, 3.8) is 0 Å². The Hall–Kier alpha value is -2.45. The molecule has 3 aromatic rings. The van der Waals surface area contributed by atoms with Crippen LogP contribution in [0.5, 0.6) is 0 Å². The summed E-state index contributed by atoms with van der Waals surface area (Å²) in [4.78, 5) is 17.5. The van der Waals surface area contributed by atoms with E-state index in [9.17, 15) is 17.6 Å². The van der Waals surface area contributed by atoms with Gasteiger partial charge in [-0.05, 0) is 55.9 Å². The number of Topliss-reactive ketones (excluding diaryl/α,β-unsaturated/α-hetero) is 1. The van der Waals surface area contributed by atoms with Gasteiger partial charge in [-0.2, -0.15) is 0 Å². The zero-order chi connectivity index (χ0) is 22.4. The molecule has 1 heterocycles. The second-order valence-electron chi connectivity index (χ2n) is 7.27. The quantitative estimate of drug-likeness (QED) is 0.395. The molecule has 0 radical (unpaired) electrons. The number of thioether (sulfide) groups is 1. The third-order valence-corrected chi connectivity index (χ3v) is 7.03. The highest BCUT2D eigenvalue weighted by atomic mass is 32.2. The molecule has 0 bridgehead atoms. The standard InChI is InChI=1S/C23H24FNO4S2/c1-16-22(25-23(29-16)20-8-3-4-9-21(20)24)15-31(27,28)14-18(26)7-5-6-17-10-12-19(30-2)13-11-17/h3-4,8-13H,5-7,14-15H2,1-2H3. The number of hydrogen-bond acceptors (Lipinski definition) is 6. The second kappa shape index (κ2) is 10.2. The van der Waals surface area contributed by atoms with Gasteiger partial charge in [0.2, 0.25) is 5.89 Å². The molecule has 0 unspecified atom stereocenters. The number of ketones is 1. The van der Waals surface area contributed by atoms with Crippen LogP contribution in [0, 0.1) is 12.7 Å². The number of aryl methyl sites for hydroxylation is 2. The minimum Gasteiger partial charge on any atom is -0.441 e. The molecule has 5 nitrogen and oxygen atoms in total. The van der Waals surface area contributed by atoms with Crippen LogP contribution < -0.4 is 0 Å². The molecule has 1 aromatic heterocycles. The lowest BCUT2D eigenvalue weighted by molar-refractivity contribution is -0.116. The number of carbonyl (C=O) groups excluding carboxylic acids is 1. The molecule has 0 fully saturated rings. The zero-order valence-corrected chi connectivity index (χ0v) is 19.1. The normalized spacial score (nSPS) is 11.6. The average Bonchev–Trinajstić information content (AvgIpc) is 3.07. The van der Waals surface area contributed by atoms with Gasteiger partial charge in [0.15, 0.2) is 9.84 Å². The van der Waals surface area contributed by atoms with Crippen molar-refractivity contribution in [2.24, 2.45) is 0 Å². The first-order valence-electron chi connectivity index (χ1n) is 9.83. The molecular weight excluding hydrogens is 437 g/mol. The number of carbonyl (C=O) groups is 1. The van der Waals surface area contributed by atoms with Crippen LogP contribution in [0.25, 0.3) is 11.5 Å². The van der Waals surface area contributed by atoms with Crippen molar-refractivity contribution < 1.29 is 22.0 Å². The first kappa shape index (κ1) is 23.2. The van der Waals surface area contributed by atoms with E-state index in [-0.39, 0.29) is 29.4 Å². The molecule has 0 spiro atoms. The van der Waals surface area contributed by atoms with E-state index in [1.54, 1.807) is 30.8 Å². The highest BCUT2D eigenvalue weighted by Crippen LogP contribution is 2.25. The number of sulfone groups is 1. The summed E-state index contributed by atoms with van der Waals surface area (Å²) < 4.78 is 44.4. The van der Waals surface area contributed by atoms with E-state index in [1.165, 1.54) is 17.0 Å². The molecular formula is C23H24FNO4S2. The number of hydrogen-bond donors (Lipinski definition) is 0. The van der Waals surface area contributed by atoms with Gasteiger partial charge in [-0.1, -0.05) is 24.3 Å². The van der Waals surface area contributed by atoms with Crippen molar-refractivity contribution in [1.29, 1.82) is 0 Å². The maximum Gasteiger partial charge on any atom is 0.229 e. The lowest BCUT2D eigenvalue weighted by Crippen LogP contribution is -2.18. The van der Waals surface area contributed by atoms with Gasteiger partial charge < -0.3 is 4.42 Å². The zero-order valence-electron chi connectivity index (χ0n) is 17.4. The Bertz CT molecular complexity index is 1150. The number of oxazole rings is 1. The molecule has 3 rings (SSSR count). The first-order valence-corrected chi connectivity index (χ1v) is 12.9. The highest BCUT2D eigenvalue weighted by Gasteiger charge is 2.22. The van der Waals surface area contributed by atoms with Crippen LogP contribution in [0.4, 0.5) is 4.39 Å². The molecule has 0 aliphatic carbocycles. The molecule has 8 heteroatoms. The summed E-state index contributed by atoms with van der Waals surface area (Å²) in [6.45, 7) is 1.58. The van der Waals surface area contributed by atoms with Gasteiger partial charge in [0.1, 0.15) is 23.1 Å². The van der Waals surface area contributed by atoms with Gasteiger partial charge in [0.05, 0.1) is 17.0 Å². The van der Waals surface area contributed by atoms with E-state index < -0.39 is 27.2 Å². The molecule has 164 valence electrons. The Balaban J connectivity index is 1.56. The second-order valence-corrected chi connectivity index (χ2v) is 10.2. The Morgan fingerprint density at radius 1 is 1.13 bits per heavy atom. The number of nitrogens with zero attached hydrogens (tertiary/aromatic N) is 1. The Morgan fingerprint density at radius 2 is 1.84 bits per heavy atom. The van der Waals surface area contributed by atoms with Crippen molar-refractivity contribution in [2.45, 2.75) is 36.8 Å². The van der Waals surface area contributed by atoms with Crippen LogP contribution in [-0.4, -0.2) is 31.2 Å². The van der Waals surface area contributed by atoms with Crippen LogP contribution >= 0.6 is 11.8 Å². The molecule has 0 aliphatic rings. The summed E-state index contributed by atoms with van der Waals surface area (Å²) in [6, 6.07) is 14.1. The first-order chi connectivity index (χ1) is 14.8.